The quantitative estimate of drug-likeness (QED) is 0.639. The van der Waals surface area contributed by atoms with E-state index in [2.05, 4.69) is 32.6 Å². The summed E-state index contributed by atoms with van der Waals surface area (Å²) in [5.74, 6) is -0.296. The lowest BCUT2D eigenvalue weighted by atomic mass is 10.2. The summed E-state index contributed by atoms with van der Waals surface area (Å²) in [4.78, 5) is 11.2. The van der Waals surface area contributed by atoms with E-state index in [4.69, 9.17) is 4.74 Å². The van der Waals surface area contributed by atoms with Crippen molar-refractivity contribution in [3.8, 4) is 0 Å². The number of benzene rings is 1. The number of aromatic nitrogens is 1. The number of carbonyl (C=O) groups excluding carboxylic acids is 1. The highest BCUT2D eigenvalue weighted by molar-refractivity contribution is 9.10. The van der Waals surface area contributed by atoms with Crippen LogP contribution >= 0.6 is 15.9 Å². The summed E-state index contributed by atoms with van der Waals surface area (Å²) >= 11 is 3.52. The fourth-order valence-corrected chi connectivity index (χ4v) is 2.29. The Morgan fingerprint density at radius 3 is 3.06 bits per heavy atom. The van der Waals surface area contributed by atoms with Gasteiger partial charge in [0, 0.05) is 34.2 Å². The minimum atomic E-state index is -0.296. The molecule has 0 N–H and O–H groups in total. The molecule has 0 saturated heterocycles. The molecule has 0 aliphatic rings. The molecule has 0 radical (unpaired) electrons. The lowest BCUT2D eigenvalue weighted by Gasteiger charge is -2.01. The maximum absolute atomic E-state index is 11.2. The summed E-state index contributed by atoms with van der Waals surface area (Å²) in [5, 5.41) is 1.17. The molecule has 2 rings (SSSR count). The number of ether oxygens (including phenoxy) is 1. The van der Waals surface area contributed by atoms with Crippen LogP contribution in [0.25, 0.3) is 10.9 Å². The van der Waals surface area contributed by atoms with Gasteiger partial charge in [0.05, 0.1) is 6.61 Å². The monoisotopic (exact) mass is 307 g/mol. The molecule has 0 aliphatic heterocycles. The van der Waals surface area contributed by atoms with Gasteiger partial charge in [0.25, 0.3) is 0 Å². The van der Waals surface area contributed by atoms with Crippen LogP contribution in [0.5, 0.6) is 0 Å². The molecule has 1 heterocycles. The molecule has 0 spiro atoms. The van der Waals surface area contributed by atoms with Gasteiger partial charge in [-0.1, -0.05) is 28.1 Å². The lowest BCUT2D eigenvalue weighted by molar-refractivity contribution is -0.137. The van der Waals surface area contributed by atoms with Crippen molar-refractivity contribution < 1.29 is 9.53 Å². The molecule has 0 fully saturated rings. The van der Waals surface area contributed by atoms with Crippen molar-refractivity contribution in [3.05, 3.63) is 47.1 Å². The number of fused-ring (bicyclic) bond motifs is 1. The van der Waals surface area contributed by atoms with Gasteiger partial charge >= 0.3 is 5.97 Å². The van der Waals surface area contributed by atoms with Gasteiger partial charge in [-0.3, -0.25) is 0 Å². The minimum Gasteiger partial charge on any atom is -0.463 e. The number of nitrogens with zero attached hydrogens (tertiary/aromatic N) is 1. The Bertz CT molecular complexity index is 586. The Kier molecular flexibility index (Phi) is 4.20. The lowest BCUT2D eigenvalue weighted by Crippen LogP contribution is -2.00. The van der Waals surface area contributed by atoms with Crippen LogP contribution in [-0.4, -0.2) is 17.1 Å². The molecule has 2 aromatic rings. The molecular formula is C14H14BrNO2. The molecular weight excluding hydrogens is 294 g/mol. The Morgan fingerprint density at radius 1 is 1.44 bits per heavy atom. The van der Waals surface area contributed by atoms with E-state index in [0.717, 1.165) is 9.99 Å². The van der Waals surface area contributed by atoms with Gasteiger partial charge in [0.1, 0.15) is 0 Å². The van der Waals surface area contributed by atoms with Crippen LogP contribution in [0.4, 0.5) is 0 Å². The van der Waals surface area contributed by atoms with Crippen LogP contribution in [0, 0.1) is 0 Å². The summed E-state index contributed by atoms with van der Waals surface area (Å²) < 4.78 is 7.98. The zero-order valence-corrected chi connectivity index (χ0v) is 11.7. The molecule has 94 valence electrons. The summed E-state index contributed by atoms with van der Waals surface area (Å²) in [6, 6.07) is 8.12. The van der Waals surface area contributed by atoms with E-state index in [1.165, 1.54) is 11.5 Å². The van der Waals surface area contributed by atoms with Gasteiger partial charge in [-0.15, -0.1) is 0 Å². The predicted molar refractivity (Wildman–Crippen MR) is 75.4 cm³/mol. The van der Waals surface area contributed by atoms with Gasteiger partial charge in [-0.05, 0) is 25.1 Å². The first-order valence-electron chi connectivity index (χ1n) is 5.79. The van der Waals surface area contributed by atoms with Crippen molar-refractivity contribution in [2.45, 2.75) is 13.5 Å². The highest BCUT2D eigenvalue weighted by Gasteiger charge is 2.02. The summed E-state index contributed by atoms with van der Waals surface area (Å²) in [7, 11) is 0. The molecule has 0 bridgehead atoms. The number of hydrogen-bond donors (Lipinski definition) is 0. The second kappa shape index (κ2) is 5.87. The number of carbonyl (C=O) groups is 1. The van der Waals surface area contributed by atoms with E-state index >= 15 is 0 Å². The van der Waals surface area contributed by atoms with E-state index in [-0.39, 0.29) is 5.97 Å². The predicted octanol–water partition coefficient (Wildman–Crippen LogP) is 3.52. The highest BCUT2D eigenvalue weighted by atomic mass is 79.9. The summed E-state index contributed by atoms with van der Waals surface area (Å²) in [5.41, 5.74) is 1.14. The average Bonchev–Trinajstić information content (AvgIpc) is 2.75. The van der Waals surface area contributed by atoms with Gasteiger partial charge in [0.15, 0.2) is 0 Å². The SMILES string of the molecule is CCOC(=O)/C=C/Cn1ccc2c(Br)cccc21. The van der Waals surface area contributed by atoms with Crippen molar-refractivity contribution in [2.24, 2.45) is 0 Å². The summed E-state index contributed by atoms with van der Waals surface area (Å²) in [6.07, 6.45) is 5.27. The number of esters is 1. The average molecular weight is 308 g/mol. The van der Waals surface area contributed by atoms with Crippen molar-refractivity contribution >= 4 is 32.8 Å². The van der Waals surface area contributed by atoms with Crippen LogP contribution in [-0.2, 0) is 16.1 Å². The number of halogens is 1. The summed E-state index contributed by atoms with van der Waals surface area (Å²) in [6.45, 7) is 2.85. The van der Waals surface area contributed by atoms with Crippen LogP contribution < -0.4 is 0 Å². The first-order chi connectivity index (χ1) is 8.72. The first kappa shape index (κ1) is 12.9. The van der Waals surface area contributed by atoms with Crippen molar-refractivity contribution in [3.63, 3.8) is 0 Å². The molecule has 1 aromatic heterocycles. The molecule has 0 aliphatic carbocycles. The zero-order chi connectivity index (χ0) is 13.0. The Labute approximate surface area is 114 Å². The molecule has 0 unspecified atom stereocenters. The molecule has 3 nitrogen and oxygen atoms in total. The Morgan fingerprint density at radius 2 is 2.28 bits per heavy atom. The second-order valence-corrected chi connectivity index (χ2v) is 4.65. The molecule has 18 heavy (non-hydrogen) atoms. The van der Waals surface area contributed by atoms with Crippen molar-refractivity contribution in [1.29, 1.82) is 0 Å². The van der Waals surface area contributed by atoms with Crippen LogP contribution in [0.1, 0.15) is 6.92 Å². The third kappa shape index (κ3) is 2.82. The molecule has 1 aromatic carbocycles. The van der Waals surface area contributed by atoms with Crippen LogP contribution in [0.15, 0.2) is 47.1 Å². The zero-order valence-electron chi connectivity index (χ0n) is 10.1. The van der Waals surface area contributed by atoms with E-state index < -0.39 is 0 Å². The second-order valence-electron chi connectivity index (χ2n) is 3.80. The Balaban J connectivity index is 2.13. The molecule has 0 atom stereocenters. The third-order valence-electron chi connectivity index (χ3n) is 2.60. The topological polar surface area (TPSA) is 31.2 Å². The highest BCUT2D eigenvalue weighted by Crippen LogP contribution is 2.24. The fraction of sp³-hybridized carbons (Fsp3) is 0.214. The molecule has 4 heteroatoms. The van der Waals surface area contributed by atoms with Crippen LogP contribution in [0.2, 0.25) is 0 Å². The fourth-order valence-electron chi connectivity index (χ4n) is 1.80. The largest absolute Gasteiger partial charge is 0.463 e. The van der Waals surface area contributed by atoms with Crippen molar-refractivity contribution in [2.75, 3.05) is 6.61 Å². The van der Waals surface area contributed by atoms with Crippen molar-refractivity contribution in [1.82, 2.24) is 4.57 Å². The third-order valence-corrected chi connectivity index (χ3v) is 3.29. The van der Waals surface area contributed by atoms with E-state index in [9.17, 15) is 4.79 Å². The Hall–Kier alpha value is -1.55. The number of rotatable bonds is 4. The van der Waals surface area contributed by atoms with Gasteiger partial charge in [-0.25, -0.2) is 4.79 Å². The number of allylic oxidation sites excluding steroid dienone is 1. The number of hydrogen-bond acceptors (Lipinski definition) is 2. The van der Waals surface area contributed by atoms with Gasteiger partial charge in [0.2, 0.25) is 0 Å². The van der Waals surface area contributed by atoms with E-state index in [1.807, 2.05) is 18.3 Å². The minimum absolute atomic E-state index is 0.296. The van der Waals surface area contributed by atoms with Gasteiger partial charge < -0.3 is 9.30 Å². The standard InChI is InChI=1S/C14H14BrNO2/c1-2-18-14(17)7-4-9-16-10-8-11-12(15)5-3-6-13(11)16/h3-8,10H,2,9H2,1H3/b7-4+. The van der Waals surface area contributed by atoms with E-state index in [0.29, 0.717) is 13.2 Å². The molecule has 0 saturated carbocycles. The van der Waals surface area contributed by atoms with Gasteiger partial charge in [-0.2, -0.15) is 0 Å². The smallest absolute Gasteiger partial charge is 0.330 e. The maximum Gasteiger partial charge on any atom is 0.330 e. The first-order valence-corrected chi connectivity index (χ1v) is 6.58. The maximum atomic E-state index is 11.2. The van der Waals surface area contributed by atoms with E-state index in [1.54, 1.807) is 13.0 Å². The van der Waals surface area contributed by atoms with Crippen LogP contribution in [0.3, 0.4) is 0 Å². The normalized spacial score (nSPS) is 11.2. The molecule has 0 amide bonds.